The van der Waals surface area contributed by atoms with Gasteiger partial charge in [0.05, 0.1) is 20.1 Å². The largest absolute Gasteiger partial charge is 0.497 e. The summed E-state index contributed by atoms with van der Waals surface area (Å²) in [5.41, 5.74) is 0.571. The molecule has 1 aromatic rings. The lowest BCUT2D eigenvalue weighted by Crippen LogP contribution is -2.41. The second-order valence-corrected chi connectivity index (χ2v) is 5.20. The van der Waals surface area contributed by atoms with E-state index in [2.05, 4.69) is 0 Å². The van der Waals surface area contributed by atoms with Crippen molar-refractivity contribution in [3.63, 3.8) is 0 Å². The van der Waals surface area contributed by atoms with Crippen molar-refractivity contribution in [3.05, 3.63) is 29.8 Å². The summed E-state index contributed by atoms with van der Waals surface area (Å²) in [5.74, 6) is -0.0863. The Morgan fingerprint density at radius 1 is 1.10 bits per heavy atom. The van der Waals surface area contributed by atoms with Crippen LogP contribution < -0.4 is 4.74 Å². The van der Waals surface area contributed by atoms with Crippen LogP contribution in [0.5, 0.6) is 5.75 Å². The van der Waals surface area contributed by atoms with Gasteiger partial charge in [-0.15, -0.1) is 0 Å². The number of hydrogen-bond acceptors (Lipinski definition) is 4. The van der Waals surface area contributed by atoms with Gasteiger partial charge in [-0.05, 0) is 38.1 Å². The Hall–Kier alpha value is -2.04. The average Bonchev–Trinajstić information content (AvgIpc) is 2.50. The summed E-state index contributed by atoms with van der Waals surface area (Å²) in [6.07, 6.45) is 0. The maximum atomic E-state index is 12.6. The number of esters is 1. The van der Waals surface area contributed by atoms with E-state index in [1.165, 1.54) is 7.11 Å². The van der Waals surface area contributed by atoms with Crippen LogP contribution >= 0.6 is 0 Å². The highest BCUT2D eigenvalue weighted by atomic mass is 16.5. The molecule has 0 aromatic heterocycles. The van der Waals surface area contributed by atoms with Crippen LogP contribution in [0.4, 0.5) is 0 Å². The quantitative estimate of drug-likeness (QED) is 0.756. The molecule has 0 radical (unpaired) electrons. The number of methoxy groups -OCH3 is 2. The Morgan fingerprint density at radius 3 is 2.10 bits per heavy atom. The number of carbonyl (C=O) groups excluding carboxylic acids is 2. The number of ether oxygens (including phenoxy) is 2. The highest BCUT2D eigenvalue weighted by molar-refractivity contribution is 5.94. The van der Waals surface area contributed by atoms with Gasteiger partial charge in [-0.1, -0.05) is 6.92 Å². The smallest absolute Gasteiger partial charge is 0.310 e. The van der Waals surface area contributed by atoms with Crippen molar-refractivity contribution in [3.8, 4) is 5.75 Å². The average molecular weight is 293 g/mol. The van der Waals surface area contributed by atoms with Gasteiger partial charge in [-0.25, -0.2) is 0 Å². The lowest BCUT2D eigenvalue weighted by atomic mass is 10.1. The maximum absolute atomic E-state index is 12.6. The van der Waals surface area contributed by atoms with Gasteiger partial charge < -0.3 is 14.4 Å². The molecule has 1 aromatic carbocycles. The molecular weight excluding hydrogens is 270 g/mol. The minimum atomic E-state index is -0.361. The summed E-state index contributed by atoms with van der Waals surface area (Å²) in [7, 11) is 2.93. The third-order valence-corrected chi connectivity index (χ3v) is 3.30. The number of amides is 1. The van der Waals surface area contributed by atoms with Gasteiger partial charge in [-0.2, -0.15) is 0 Å². The summed E-state index contributed by atoms with van der Waals surface area (Å²) in [5, 5.41) is 0. The van der Waals surface area contributed by atoms with Crippen molar-refractivity contribution in [2.45, 2.75) is 26.8 Å². The second-order valence-electron chi connectivity index (χ2n) is 5.20. The third-order valence-electron chi connectivity index (χ3n) is 3.30. The summed E-state index contributed by atoms with van der Waals surface area (Å²) >= 11 is 0. The number of rotatable bonds is 6. The van der Waals surface area contributed by atoms with Gasteiger partial charge >= 0.3 is 5.97 Å². The van der Waals surface area contributed by atoms with Gasteiger partial charge in [-0.3, -0.25) is 9.59 Å². The Bertz CT molecular complexity index is 482. The van der Waals surface area contributed by atoms with Crippen LogP contribution in [0, 0.1) is 5.92 Å². The van der Waals surface area contributed by atoms with E-state index in [4.69, 9.17) is 9.47 Å². The van der Waals surface area contributed by atoms with Gasteiger partial charge in [0, 0.05) is 18.2 Å². The summed E-state index contributed by atoms with van der Waals surface area (Å²) in [4.78, 5) is 25.8. The highest BCUT2D eigenvalue weighted by Crippen LogP contribution is 2.16. The molecule has 1 unspecified atom stereocenters. The summed E-state index contributed by atoms with van der Waals surface area (Å²) in [6.45, 7) is 5.93. The fourth-order valence-corrected chi connectivity index (χ4v) is 2.00. The minimum absolute atomic E-state index is 0.00768. The van der Waals surface area contributed by atoms with Crippen LogP contribution in [0.15, 0.2) is 24.3 Å². The van der Waals surface area contributed by atoms with Crippen molar-refractivity contribution >= 4 is 11.9 Å². The van der Waals surface area contributed by atoms with E-state index in [1.54, 1.807) is 43.2 Å². The first-order valence-electron chi connectivity index (χ1n) is 6.93. The number of hydrogen-bond donors (Lipinski definition) is 0. The lowest BCUT2D eigenvalue weighted by Gasteiger charge is -2.29. The number of benzene rings is 1. The Labute approximate surface area is 125 Å². The van der Waals surface area contributed by atoms with E-state index >= 15 is 0 Å². The molecule has 21 heavy (non-hydrogen) atoms. The van der Waals surface area contributed by atoms with E-state index < -0.39 is 0 Å². The Balaban J connectivity index is 2.88. The third kappa shape index (κ3) is 4.48. The molecule has 116 valence electrons. The van der Waals surface area contributed by atoms with Crippen molar-refractivity contribution < 1.29 is 19.1 Å². The van der Waals surface area contributed by atoms with Crippen LogP contribution in [-0.2, 0) is 9.53 Å². The fraction of sp³-hybridized carbons (Fsp3) is 0.500. The van der Waals surface area contributed by atoms with Crippen molar-refractivity contribution in [2.24, 2.45) is 5.92 Å². The molecule has 0 aliphatic carbocycles. The first-order chi connectivity index (χ1) is 9.90. The van der Waals surface area contributed by atoms with Gasteiger partial charge in [0.15, 0.2) is 0 Å². The van der Waals surface area contributed by atoms with E-state index in [0.29, 0.717) is 17.9 Å². The van der Waals surface area contributed by atoms with Crippen LogP contribution in [0.1, 0.15) is 31.1 Å². The molecule has 0 saturated heterocycles. The van der Waals surface area contributed by atoms with Crippen LogP contribution in [-0.4, -0.2) is 43.6 Å². The zero-order chi connectivity index (χ0) is 16.0. The Morgan fingerprint density at radius 2 is 1.67 bits per heavy atom. The van der Waals surface area contributed by atoms with E-state index in [0.717, 1.165) is 0 Å². The zero-order valence-electron chi connectivity index (χ0n) is 13.3. The molecule has 0 saturated carbocycles. The molecule has 5 heteroatoms. The highest BCUT2D eigenvalue weighted by Gasteiger charge is 2.24. The molecule has 0 spiro atoms. The number of nitrogens with zero attached hydrogens (tertiary/aromatic N) is 1. The van der Waals surface area contributed by atoms with Crippen molar-refractivity contribution in [1.82, 2.24) is 4.90 Å². The molecule has 1 amide bonds. The summed E-state index contributed by atoms with van der Waals surface area (Å²) < 4.78 is 9.80. The minimum Gasteiger partial charge on any atom is -0.497 e. The Kier molecular flexibility index (Phi) is 6.21. The standard InChI is InChI=1S/C16H23NO4/c1-11(2)17(10-12(3)16(19)21-5)15(18)13-6-8-14(20-4)9-7-13/h6-9,11-12H,10H2,1-5H3. The first-order valence-corrected chi connectivity index (χ1v) is 6.93. The molecule has 0 bridgehead atoms. The first kappa shape index (κ1) is 17.0. The monoisotopic (exact) mass is 293 g/mol. The predicted octanol–water partition coefficient (Wildman–Crippen LogP) is 2.35. The number of carbonyl (C=O) groups is 2. The molecule has 1 rings (SSSR count). The van der Waals surface area contributed by atoms with E-state index in [9.17, 15) is 9.59 Å². The van der Waals surface area contributed by atoms with Crippen LogP contribution in [0.2, 0.25) is 0 Å². The summed E-state index contributed by atoms with van der Waals surface area (Å²) in [6, 6.07) is 6.93. The zero-order valence-corrected chi connectivity index (χ0v) is 13.3. The second kappa shape index (κ2) is 7.67. The van der Waals surface area contributed by atoms with Crippen molar-refractivity contribution in [1.29, 1.82) is 0 Å². The van der Waals surface area contributed by atoms with Gasteiger partial charge in [0.2, 0.25) is 0 Å². The SMILES string of the molecule is COC(=O)C(C)CN(C(=O)c1ccc(OC)cc1)C(C)C. The van der Waals surface area contributed by atoms with Gasteiger partial charge in [0.25, 0.3) is 5.91 Å². The predicted molar refractivity (Wildman–Crippen MR) is 80.3 cm³/mol. The molecule has 0 aliphatic rings. The van der Waals surface area contributed by atoms with Crippen molar-refractivity contribution in [2.75, 3.05) is 20.8 Å². The topological polar surface area (TPSA) is 55.8 Å². The van der Waals surface area contributed by atoms with Crippen LogP contribution in [0.3, 0.4) is 0 Å². The lowest BCUT2D eigenvalue weighted by molar-refractivity contribution is -0.145. The fourth-order valence-electron chi connectivity index (χ4n) is 2.00. The molecule has 0 fully saturated rings. The molecule has 0 heterocycles. The van der Waals surface area contributed by atoms with Gasteiger partial charge in [0.1, 0.15) is 5.75 Å². The molecule has 1 atom stereocenters. The normalized spacial score (nSPS) is 11.9. The molecule has 5 nitrogen and oxygen atoms in total. The molecule has 0 N–H and O–H groups in total. The maximum Gasteiger partial charge on any atom is 0.310 e. The van der Waals surface area contributed by atoms with E-state index in [-0.39, 0.29) is 23.8 Å². The van der Waals surface area contributed by atoms with E-state index in [1.807, 2.05) is 13.8 Å². The molecule has 0 aliphatic heterocycles. The van der Waals surface area contributed by atoms with Crippen LogP contribution in [0.25, 0.3) is 0 Å². The molecular formula is C16H23NO4.